The summed E-state index contributed by atoms with van der Waals surface area (Å²) in [6.45, 7) is 4.88. The van der Waals surface area contributed by atoms with Crippen LogP contribution in [0.25, 0.3) is 5.76 Å². The van der Waals surface area contributed by atoms with Crippen LogP contribution in [-0.4, -0.2) is 53.5 Å². The van der Waals surface area contributed by atoms with Gasteiger partial charge in [-0.1, -0.05) is 26.0 Å². The van der Waals surface area contributed by atoms with Gasteiger partial charge >= 0.3 is 0 Å². The van der Waals surface area contributed by atoms with Gasteiger partial charge in [-0.3, -0.25) is 19.7 Å². The molecule has 3 rings (SSSR count). The summed E-state index contributed by atoms with van der Waals surface area (Å²) in [5.41, 5.74) is 0.544. The molecule has 9 nitrogen and oxygen atoms in total. The number of methoxy groups -OCH3 is 1. The van der Waals surface area contributed by atoms with Crippen molar-refractivity contribution in [2.45, 2.75) is 19.9 Å². The number of hydrogen-bond acceptors (Lipinski definition) is 7. The van der Waals surface area contributed by atoms with Gasteiger partial charge in [0.05, 0.1) is 29.8 Å². The average molecular weight is 454 g/mol. The topological polar surface area (TPSA) is 119 Å². The highest BCUT2D eigenvalue weighted by molar-refractivity contribution is 6.46. The van der Waals surface area contributed by atoms with Gasteiger partial charge in [0.1, 0.15) is 11.5 Å². The number of nitrogens with zero attached hydrogens (tertiary/aromatic N) is 2. The van der Waals surface area contributed by atoms with E-state index in [1.165, 1.54) is 36.3 Å². The van der Waals surface area contributed by atoms with Crippen LogP contribution in [0.5, 0.6) is 5.75 Å². The van der Waals surface area contributed by atoms with Crippen molar-refractivity contribution in [1.82, 2.24) is 4.90 Å². The summed E-state index contributed by atoms with van der Waals surface area (Å²) in [5, 5.41) is 21.9. The maximum atomic E-state index is 13.0. The van der Waals surface area contributed by atoms with E-state index in [1.54, 1.807) is 24.3 Å². The fourth-order valence-electron chi connectivity index (χ4n) is 3.58. The normalized spacial score (nSPS) is 17.6. The lowest BCUT2D eigenvalue weighted by molar-refractivity contribution is -0.384. The lowest BCUT2D eigenvalue weighted by atomic mass is 9.95. The van der Waals surface area contributed by atoms with E-state index in [2.05, 4.69) is 0 Å². The quantitative estimate of drug-likeness (QED) is 0.202. The number of carbonyl (C=O) groups is 2. The molecule has 9 heteroatoms. The third-order valence-electron chi connectivity index (χ3n) is 5.18. The van der Waals surface area contributed by atoms with Crippen molar-refractivity contribution in [3.8, 4) is 5.75 Å². The lowest BCUT2D eigenvalue weighted by Gasteiger charge is -2.25. The fourth-order valence-corrected chi connectivity index (χ4v) is 3.58. The summed E-state index contributed by atoms with van der Waals surface area (Å²) in [6.07, 6.45) is 0. The zero-order valence-electron chi connectivity index (χ0n) is 18.7. The zero-order valence-corrected chi connectivity index (χ0v) is 18.7. The summed E-state index contributed by atoms with van der Waals surface area (Å²) in [6, 6.07) is 11.3. The molecule has 1 atom stereocenters. The number of non-ortho nitro benzene ring substituents is 1. The number of likely N-dealkylation sites (tertiary alicyclic amines) is 1. The van der Waals surface area contributed by atoms with E-state index < -0.39 is 28.4 Å². The van der Waals surface area contributed by atoms with E-state index in [1.807, 2.05) is 13.8 Å². The van der Waals surface area contributed by atoms with E-state index in [0.29, 0.717) is 23.8 Å². The molecule has 2 aromatic rings. The highest BCUT2D eigenvalue weighted by atomic mass is 16.6. The highest BCUT2D eigenvalue weighted by Crippen LogP contribution is 2.40. The van der Waals surface area contributed by atoms with Crippen LogP contribution in [0.2, 0.25) is 0 Å². The van der Waals surface area contributed by atoms with Crippen LogP contribution in [0.1, 0.15) is 31.0 Å². The number of nitro benzene ring substituents is 1. The highest BCUT2D eigenvalue weighted by Gasteiger charge is 2.46. The van der Waals surface area contributed by atoms with Crippen molar-refractivity contribution in [1.29, 1.82) is 0 Å². The maximum Gasteiger partial charge on any atom is 0.295 e. The molecule has 1 amide bonds. The van der Waals surface area contributed by atoms with Gasteiger partial charge in [0.15, 0.2) is 0 Å². The largest absolute Gasteiger partial charge is 0.507 e. The molecule has 0 aliphatic carbocycles. The molecule has 33 heavy (non-hydrogen) atoms. The van der Waals surface area contributed by atoms with Gasteiger partial charge in [-0.2, -0.15) is 0 Å². The average Bonchev–Trinajstić information content (AvgIpc) is 3.06. The Morgan fingerprint density at radius 3 is 2.48 bits per heavy atom. The number of rotatable bonds is 9. The molecule has 0 saturated carbocycles. The number of nitro groups is 1. The predicted molar refractivity (Wildman–Crippen MR) is 121 cm³/mol. The number of ketones is 1. The Balaban J connectivity index is 2.09. The molecule has 1 N–H and O–H groups in total. The lowest BCUT2D eigenvalue weighted by Crippen LogP contribution is -2.32. The number of ether oxygens (including phenoxy) is 2. The van der Waals surface area contributed by atoms with E-state index in [9.17, 15) is 24.8 Å². The van der Waals surface area contributed by atoms with Crippen LogP contribution in [0.4, 0.5) is 5.69 Å². The maximum absolute atomic E-state index is 13.0. The molecule has 0 radical (unpaired) electrons. The van der Waals surface area contributed by atoms with Crippen molar-refractivity contribution in [2.24, 2.45) is 5.92 Å². The summed E-state index contributed by atoms with van der Waals surface area (Å²) in [4.78, 5) is 37.5. The van der Waals surface area contributed by atoms with Crippen molar-refractivity contribution >= 4 is 23.1 Å². The molecule has 2 aromatic carbocycles. The Kier molecular flexibility index (Phi) is 7.44. The third kappa shape index (κ3) is 5.20. The molecular weight excluding hydrogens is 428 g/mol. The summed E-state index contributed by atoms with van der Waals surface area (Å²) in [5.74, 6) is -1.10. The first kappa shape index (κ1) is 23.9. The Morgan fingerprint density at radius 2 is 1.88 bits per heavy atom. The second kappa shape index (κ2) is 10.3. The van der Waals surface area contributed by atoms with Crippen molar-refractivity contribution in [3.63, 3.8) is 0 Å². The third-order valence-corrected chi connectivity index (χ3v) is 5.18. The Labute approximate surface area is 191 Å². The standard InChI is InChI=1S/C24H26N2O7/c1-15(2)14-33-19-6-4-5-17(13-19)21-20(23(28)24(29)25(21)11-12-32-3)22(27)16-7-9-18(10-8-16)26(30)31/h4-10,13,15,21,27H,11-12,14H2,1-3H3/b22-20+. The molecule has 0 aromatic heterocycles. The first-order valence-electron chi connectivity index (χ1n) is 10.5. The van der Waals surface area contributed by atoms with Gasteiger partial charge in [0.2, 0.25) is 0 Å². The van der Waals surface area contributed by atoms with E-state index >= 15 is 0 Å². The second-order valence-corrected chi connectivity index (χ2v) is 8.07. The molecule has 1 unspecified atom stereocenters. The van der Waals surface area contributed by atoms with Crippen LogP contribution >= 0.6 is 0 Å². The first-order valence-corrected chi connectivity index (χ1v) is 10.5. The van der Waals surface area contributed by atoms with E-state index in [4.69, 9.17) is 9.47 Å². The summed E-state index contributed by atoms with van der Waals surface area (Å²) < 4.78 is 10.9. The van der Waals surface area contributed by atoms with Crippen molar-refractivity contribution < 1.29 is 29.1 Å². The summed E-state index contributed by atoms with van der Waals surface area (Å²) >= 11 is 0. The second-order valence-electron chi connectivity index (χ2n) is 8.07. The smallest absolute Gasteiger partial charge is 0.295 e. The minimum Gasteiger partial charge on any atom is -0.507 e. The summed E-state index contributed by atoms with van der Waals surface area (Å²) in [7, 11) is 1.49. The molecule has 1 saturated heterocycles. The molecule has 1 aliphatic heterocycles. The monoisotopic (exact) mass is 454 g/mol. The number of aliphatic hydroxyl groups excluding tert-OH is 1. The number of hydrogen-bond donors (Lipinski definition) is 1. The zero-order chi connectivity index (χ0) is 24.1. The molecule has 0 spiro atoms. The predicted octanol–water partition coefficient (Wildman–Crippen LogP) is 3.70. The molecule has 1 aliphatic rings. The fraction of sp³-hybridized carbons (Fsp3) is 0.333. The van der Waals surface area contributed by atoms with E-state index in [0.717, 1.165) is 0 Å². The number of carbonyl (C=O) groups excluding carboxylic acids is 2. The van der Waals surface area contributed by atoms with Gasteiger partial charge in [0, 0.05) is 31.4 Å². The van der Waals surface area contributed by atoms with Gasteiger partial charge in [0.25, 0.3) is 17.4 Å². The molecular formula is C24H26N2O7. The Morgan fingerprint density at radius 1 is 1.18 bits per heavy atom. The Hall–Kier alpha value is -3.72. The molecule has 1 fully saturated rings. The van der Waals surface area contributed by atoms with Crippen molar-refractivity contribution in [3.05, 3.63) is 75.3 Å². The van der Waals surface area contributed by atoms with Crippen LogP contribution in [0.15, 0.2) is 54.1 Å². The Bertz CT molecular complexity index is 1080. The molecule has 174 valence electrons. The van der Waals surface area contributed by atoms with Gasteiger partial charge < -0.3 is 19.5 Å². The van der Waals surface area contributed by atoms with Gasteiger partial charge in [-0.25, -0.2) is 0 Å². The van der Waals surface area contributed by atoms with Crippen LogP contribution < -0.4 is 4.74 Å². The SMILES string of the molecule is COCCN1C(=O)C(=O)/C(=C(/O)c2ccc([N+](=O)[O-])cc2)C1c1cccc(OCC(C)C)c1. The number of Topliss-reactive ketones (excluding diaryl/α,β-unsaturated/α-hetero) is 1. The van der Waals surface area contributed by atoms with Crippen LogP contribution in [0.3, 0.4) is 0 Å². The van der Waals surface area contributed by atoms with Gasteiger partial charge in [-0.15, -0.1) is 0 Å². The first-order chi connectivity index (χ1) is 15.7. The van der Waals surface area contributed by atoms with E-state index in [-0.39, 0.29) is 30.0 Å². The van der Waals surface area contributed by atoms with Crippen LogP contribution in [-0.2, 0) is 14.3 Å². The molecule has 0 bridgehead atoms. The number of benzene rings is 2. The number of aliphatic hydroxyl groups is 1. The van der Waals surface area contributed by atoms with Crippen molar-refractivity contribution in [2.75, 3.05) is 26.9 Å². The number of amides is 1. The van der Waals surface area contributed by atoms with Gasteiger partial charge in [-0.05, 0) is 35.7 Å². The van der Waals surface area contributed by atoms with Crippen LogP contribution in [0, 0.1) is 16.0 Å². The molecule has 1 heterocycles. The minimum absolute atomic E-state index is 0.0917. The minimum atomic E-state index is -0.863.